The van der Waals surface area contributed by atoms with Crippen LogP contribution < -0.4 is 5.73 Å². The highest BCUT2D eigenvalue weighted by Gasteiger charge is 2.28. The summed E-state index contributed by atoms with van der Waals surface area (Å²) in [5.41, 5.74) is 7.37. The average Bonchev–Trinajstić information content (AvgIpc) is 3.10. The van der Waals surface area contributed by atoms with Gasteiger partial charge in [-0.2, -0.15) is 0 Å². The number of halogens is 1. The van der Waals surface area contributed by atoms with Crippen LogP contribution in [0.4, 0.5) is 4.39 Å². The molecule has 0 saturated heterocycles. The van der Waals surface area contributed by atoms with Crippen molar-refractivity contribution in [3.05, 3.63) is 35.6 Å². The van der Waals surface area contributed by atoms with E-state index < -0.39 is 0 Å². The highest BCUT2D eigenvalue weighted by atomic mass is 19.1. The van der Waals surface area contributed by atoms with Crippen molar-refractivity contribution in [3.63, 3.8) is 0 Å². The van der Waals surface area contributed by atoms with E-state index in [1.165, 1.54) is 37.0 Å². The lowest BCUT2D eigenvalue weighted by molar-refractivity contribution is 0.465. The number of benzene rings is 1. The van der Waals surface area contributed by atoms with Gasteiger partial charge >= 0.3 is 0 Å². The summed E-state index contributed by atoms with van der Waals surface area (Å²) < 4.78 is 12.9. The quantitative estimate of drug-likeness (QED) is 0.809. The molecule has 0 aromatic heterocycles. The molecule has 0 amide bonds. The maximum atomic E-state index is 12.9. The van der Waals surface area contributed by atoms with E-state index in [-0.39, 0.29) is 11.9 Å². The monoisotopic (exact) mass is 221 g/mol. The highest BCUT2D eigenvalue weighted by molar-refractivity contribution is 5.22. The second-order valence-corrected chi connectivity index (χ2v) is 4.91. The van der Waals surface area contributed by atoms with Crippen molar-refractivity contribution in [2.45, 2.75) is 44.6 Å². The standard InChI is InChI=1S/C14H20FN/c1-2-14(16)13(9-10-3-4-10)11-5-7-12(15)8-6-11/h5-8,10,13-14H,2-4,9,16H2,1H3. The van der Waals surface area contributed by atoms with Crippen LogP contribution in [0.15, 0.2) is 24.3 Å². The molecule has 1 saturated carbocycles. The minimum atomic E-state index is -0.168. The van der Waals surface area contributed by atoms with Crippen molar-refractivity contribution < 1.29 is 4.39 Å². The van der Waals surface area contributed by atoms with E-state index in [1.54, 1.807) is 0 Å². The molecule has 2 heteroatoms. The maximum absolute atomic E-state index is 12.9. The Hall–Kier alpha value is -0.890. The number of rotatable bonds is 5. The Kier molecular flexibility index (Phi) is 3.59. The lowest BCUT2D eigenvalue weighted by Gasteiger charge is -2.23. The van der Waals surface area contributed by atoms with Crippen LogP contribution in [0, 0.1) is 11.7 Å². The van der Waals surface area contributed by atoms with Gasteiger partial charge in [-0.15, -0.1) is 0 Å². The van der Waals surface area contributed by atoms with Gasteiger partial charge in [0, 0.05) is 6.04 Å². The number of hydrogen-bond acceptors (Lipinski definition) is 1. The molecule has 1 aromatic rings. The van der Waals surface area contributed by atoms with Crippen LogP contribution in [-0.4, -0.2) is 6.04 Å². The fraction of sp³-hybridized carbons (Fsp3) is 0.571. The van der Waals surface area contributed by atoms with E-state index >= 15 is 0 Å². The first-order chi connectivity index (χ1) is 7.70. The summed E-state index contributed by atoms with van der Waals surface area (Å²) in [6, 6.07) is 7.05. The molecule has 2 N–H and O–H groups in total. The number of hydrogen-bond donors (Lipinski definition) is 1. The Morgan fingerprint density at radius 1 is 1.31 bits per heavy atom. The predicted molar refractivity (Wildman–Crippen MR) is 64.7 cm³/mol. The van der Waals surface area contributed by atoms with Crippen LogP contribution >= 0.6 is 0 Å². The molecule has 0 bridgehead atoms. The van der Waals surface area contributed by atoms with E-state index in [4.69, 9.17) is 5.73 Å². The Bertz CT molecular complexity index is 329. The summed E-state index contributed by atoms with van der Waals surface area (Å²) in [6.07, 6.45) is 4.83. The van der Waals surface area contributed by atoms with Crippen molar-refractivity contribution in [2.75, 3.05) is 0 Å². The summed E-state index contributed by atoms with van der Waals surface area (Å²) >= 11 is 0. The first-order valence-electron chi connectivity index (χ1n) is 6.21. The van der Waals surface area contributed by atoms with Crippen LogP contribution in [0.5, 0.6) is 0 Å². The molecule has 0 spiro atoms. The lowest BCUT2D eigenvalue weighted by Crippen LogP contribution is -2.28. The first kappa shape index (κ1) is 11.6. The third-order valence-corrected chi connectivity index (χ3v) is 3.57. The topological polar surface area (TPSA) is 26.0 Å². The fourth-order valence-electron chi connectivity index (χ4n) is 2.27. The third-order valence-electron chi connectivity index (χ3n) is 3.57. The molecule has 88 valence electrons. The van der Waals surface area contributed by atoms with E-state index in [1.807, 2.05) is 12.1 Å². The fourth-order valence-corrected chi connectivity index (χ4v) is 2.27. The average molecular weight is 221 g/mol. The lowest BCUT2D eigenvalue weighted by atomic mass is 9.86. The Labute approximate surface area is 96.9 Å². The van der Waals surface area contributed by atoms with Gasteiger partial charge in [0.1, 0.15) is 5.82 Å². The van der Waals surface area contributed by atoms with Crippen LogP contribution in [0.3, 0.4) is 0 Å². The van der Waals surface area contributed by atoms with Gasteiger partial charge in [0.15, 0.2) is 0 Å². The smallest absolute Gasteiger partial charge is 0.123 e. The van der Waals surface area contributed by atoms with E-state index in [9.17, 15) is 4.39 Å². The largest absolute Gasteiger partial charge is 0.327 e. The molecule has 0 radical (unpaired) electrons. The summed E-state index contributed by atoms with van der Waals surface area (Å²) in [4.78, 5) is 0. The molecule has 2 rings (SSSR count). The van der Waals surface area contributed by atoms with Gasteiger partial charge in [0.05, 0.1) is 0 Å². The van der Waals surface area contributed by atoms with Crippen LogP contribution in [0.2, 0.25) is 0 Å². The maximum Gasteiger partial charge on any atom is 0.123 e. The molecule has 2 atom stereocenters. The molecule has 1 fully saturated rings. The molecule has 0 heterocycles. The third kappa shape index (κ3) is 2.82. The predicted octanol–water partition coefficient (Wildman–Crippen LogP) is 3.45. The van der Waals surface area contributed by atoms with Gasteiger partial charge in [0.2, 0.25) is 0 Å². The molecule has 1 nitrogen and oxygen atoms in total. The zero-order valence-electron chi connectivity index (χ0n) is 9.83. The second-order valence-electron chi connectivity index (χ2n) is 4.91. The normalized spacial score (nSPS) is 19.4. The van der Waals surface area contributed by atoms with Gasteiger partial charge in [-0.25, -0.2) is 4.39 Å². The van der Waals surface area contributed by atoms with Crippen LogP contribution in [0.25, 0.3) is 0 Å². The van der Waals surface area contributed by atoms with Gasteiger partial charge in [-0.3, -0.25) is 0 Å². The van der Waals surface area contributed by atoms with Gasteiger partial charge in [0.25, 0.3) is 0 Å². The molecular formula is C14H20FN. The minimum Gasteiger partial charge on any atom is -0.327 e. The zero-order chi connectivity index (χ0) is 11.5. The Balaban J connectivity index is 2.12. The molecule has 1 aromatic carbocycles. The van der Waals surface area contributed by atoms with Gasteiger partial charge < -0.3 is 5.73 Å². The van der Waals surface area contributed by atoms with Crippen molar-refractivity contribution in [1.82, 2.24) is 0 Å². The summed E-state index contributed by atoms with van der Waals surface area (Å²) in [7, 11) is 0. The summed E-state index contributed by atoms with van der Waals surface area (Å²) in [5, 5.41) is 0. The zero-order valence-corrected chi connectivity index (χ0v) is 9.83. The van der Waals surface area contributed by atoms with E-state index in [0.717, 1.165) is 12.3 Å². The molecule has 16 heavy (non-hydrogen) atoms. The molecule has 1 aliphatic carbocycles. The van der Waals surface area contributed by atoms with Crippen molar-refractivity contribution in [1.29, 1.82) is 0 Å². The molecule has 2 unspecified atom stereocenters. The summed E-state index contributed by atoms with van der Waals surface area (Å²) in [6.45, 7) is 2.12. The van der Waals surface area contributed by atoms with Crippen molar-refractivity contribution in [2.24, 2.45) is 11.7 Å². The van der Waals surface area contributed by atoms with Crippen molar-refractivity contribution >= 4 is 0 Å². The van der Waals surface area contributed by atoms with Gasteiger partial charge in [-0.05, 0) is 42.4 Å². The first-order valence-corrected chi connectivity index (χ1v) is 6.21. The molecular weight excluding hydrogens is 201 g/mol. The second kappa shape index (κ2) is 4.96. The van der Waals surface area contributed by atoms with E-state index in [2.05, 4.69) is 6.92 Å². The number of nitrogens with two attached hydrogens (primary N) is 1. The summed E-state index contributed by atoms with van der Waals surface area (Å²) in [5.74, 6) is 1.09. The molecule has 0 aliphatic heterocycles. The SMILES string of the molecule is CCC(N)C(CC1CC1)c1ccc(F)cc1. The van der Waals surface area contributed by atoms with Crippen LogP contribution in [0.1, 0.15) is 44.1 Å². The van der Waals surface area contributed by atoms with Crippen molar-refractivity contribution in [3.8, 4) is 0 Å². The van der Waals surface area contributed by atoms with E-state index in [0.29, 0.717) is 5.92 Å². The van der Waals surface area contributed by atoms with Gasteiger partial charge in [-0.1, -0.05) is 31.9 Å². The Morgan fingerprint density at radius 2 is 1.94 bits per heavy atom. The Morgan fingerprint density at radius 3 is 2.44 bits per heavy atom. The van der Waals surface area contributed by atoms with Crippen LogP contribution in [-0.2, 0) is 0 Å². The highest BCUT2D eigenvalue weighted by Crippen LogP contribution is 2.40. The molecule has 1 aliphatic rings. The minimum absolute atomic E-state index is 0.168.